The molecule has 0 amide bonds. The van der Waals surface area contributed by atoms with E-state index in [-0.39, 0.29) is 18.8 Å². The van der Waals surface area contributed by atoms with Gasteiger partial charge in [0, 0.05) is 0 Å². The van der Waals surface area contributed by atoms with Gasteiger partial charge in [0.15, 0.2) is 37.6 Å². The van der Waals surface area contributed by atoms with E-state index < -0.39 is 258 Å². The molecule has 10 aliphatic rings. The van der Waals surface area contributed by atoms with Gasteiger partial charge in [-0.2, -0.15) is 0 Å². The normalized spacial score (nSPS) is 54.5. The smallest absolute Gasteiger partial charge is 0.314 e. The Morgan fingerprint density at radius 1 is 0.449 bits per heavy atom. The summed E-state index contributed by atoms with van der Waals surface area (Å²) in [5.74, 6) is -1.33. The number of carbonyl (C=O) groups is 1. The Kier molecular flexibility index (Phi) is 21.4. The van der Waals surface area contributed by atoms with Crippen LogP contribution in [0, 0.1) is 28.1 Å². The quantitative estimate of drug-likeness (QED) is 0.0344. The van der Waals surface area contributed by atoms with Gasteiger partial charge in [0.2, 0.25) is 6.29 Å². The Bertz CT molecular complexity index is 2390. The molecule has 89 heavy (non-hydrogen) atoms. The molecule has 1 spiro atoms. The number of carbonyl (C=O) groups excluding carboxylic acids is 1. The molecule has 0 aromatic heterocycles. The number of esters is 1. The van der Waals surface area contributed by atoms with Crippen LogP contribution in [0.25, 0.3) is 0 Å². The Hall–Kier alpha value is -2.03. The first-order valence-corrected chi connectivity index (χ1v) is 30.4. The minimum absolute atomic E-state index is 0.154. The van der Waals surface area contributed by atoms with E-state index in [4.69, 9.17) is 56.8 Å². The molecule has 20 N–H and O–H groups in total. The Balaban J connectivity index is 0.938. The van der Waals surface area contributed by atoms with Crippen LogP contribution >= 0.6 is 0 Å². The van der Waals surface area contributed by atoms with E-state index in [2.05, 4.69) is 13.5 Å². The summed E-state index contributed by atoms with van der Waals surface area (Å²) in [5.41, 5.74) is -3.27. The van der Waals surface area contributed by atoms with Crippen molar-refractivity contribution in [2.45, 2.75) is 261 Å². The molecule has 33 heteroatoms. The maximum Gasteiger partial charge on any atom is 0.314 e. The predicted molar refractivity (Wildman–Crippen MR) is 284 cm³/mol. The standard InChI is InChI=1S/C56H90O33/c1-19-11-55-9-5-26-53(2,7-4-8-54(26,3)52(77)88-50-44(38(72)32(66)24(16-61)83-50)86-48-41(75)36(70)30(64)22(14-59)81-48)27(55)6-10-56(19,18-55)89-51-45(87-49-42(76)37(71)31(65)23(15-60)82-49)43(85-47-40(74)35(69)29(63)21(13-58)80-47)33(67)25(84-51)17-78-46-39(73)34(68)28(62)20(12-57)79-46/h20-51,57-76H,1,4-18H2,2-3H3/t20?,21?,22?,23?,24?,25?,26?,27-,28?,29?,30?,31?,32?,33?,34?,35?,36?,37?,38?,39?,40?,41?,42?,43?,44?,45?,46?,47?,48?,49?,50?,51?,53+,54+,55?,56?/m0/s1. The molecule has 10 fully saturated rings. The van der Waals surface area contributed by atoms with Gasteiger partial charge in [-0.15, -0.1) is 0 Å². The summed E-state index contributed by atoms with van der Waals surface area (Å²) in [6.07, 6.45) is -51.6. The molecule has 2 bridgehead atoms. The first-order valence-electron chi connectivity index (χ1n) is 30.4. The fourth-order valence-corrected chi connectivity index (χ4v) is 16.3. The summed E-state index contributed by atoms with van der Waals surface area (Å²) in [5, 5.41) is 215. The lowest BCUT2D eigenvalue weighted by Crippen LogP contribution is -2.68. The largest absolute Gasteiger partial charge is 0.432 e. The molecule has 6 saturated heterocycles. The van der Waals surface area contributed by atoms with Crippen LogP contribution < -0.4 is 0 Å². The van der Waals surface area contributed by atoms with Gasteiger partial charge >= 0.3 is 5.97 Å². The molecular formula is C56H90O33. The maximum absolute atomic E-state index is 15.0. The van der Waals surface area contributed by atoms with Gasteiger partial charge in [-0.1, -0.05) is 19.9 Å². The lowest BCUT2D eigenvalue weighted by atomic mass is 9.41. The maximum atomic E-state index is 15.0. The highest BCUT2D eigenvalue weighted by atomic mass is 16.8. The van der Waals surface area contributed by atoms with Gasteiger partial charge in [-0.05, 0) is 86.5 Å². The topological polar surface area (TPSA) is 532 Å². The van der Waals surface area contributed by atoms with Crippen LogP contribution in [-0.2, 0) is 61.6 Å². The molecular weight excluding hydrogens is 1200 g/mol. The van der Waals surface area contributed by atoms with Crippen LogP contribution in [0.15, 0.2) is 12.2 Å². The summed E-state index contributed by atoms with van der Waals surface area (Å²) in [4.78, 5) is 15.0. The van der Waals surface area contributed by atoms with Crippen LogP contribution in [0.3, 0.4) is 0 Å². The zero-order chi connectivity index (χ0) is 64.7. The molecule has 36 atom stereocenters. The van der Waals surface area contributed by atoms with E-state index in [0.29, 0.717) is 50.5 Å². The van der Waals surface area contributed by atoms with Gasteiger partial charge in [0.25, 0.3) is 0 Å². The van der Waals surface area contributed by atoms with Crippen molar-refractivity contribution in [1.82, 2.24) is 0 Å². The zero-order valence-corrected chi connectivity index (χ0v) is 49.0. The molecule has 6 heterocycles. The summed E-state index contributed by atoms with van der Waals surface area (Å²) in [7, 11) is 0. The molecule has 6 aliphatic heterocycles. The lowest BCUT2D eigenvalue weighted by molar-refractivity contribution is -0.403. The molecule has 4 saturated carbocycles. The van der Waals surface area contributed by atoms with Crippen molar-refractivity contribution in [2.24, 2.45) is 28.1 Å². The number of aliphatic hydroxyl groups excluding tert-OH is 20. The Morgan fingerprint density at radius 3 is 1.36 bits per heavy atom. The number of hydrogen-bond acceptors (Lipinski definition) is 33. The van der Waals surface area contributed by atoms with Crippen LogP contribution in [0.5, 0.6) is 0 Å². The van der Waals surface area contributed by atoms with Gasteiger partial charge in [-0.3, -0.25) is 4.79 Å². The van der Waals surface area contributed by atoms with Crippen molar-refractivity contribution in [1.29, 1.82) is 0 Å². The van der Waals surface area contributed by atoms with E-state index in [0.717, 1.165) is 0 Å². The van der Waals surface area contributed by atoms with Crippen molar-refractivity contribution in [2.75, 3.05) is 39.6 Å². The highest BCUT2D eigenvalue weighted by Gasteiger charge is 2.70. The molecule has 0 aromatic rings. The third-order valence-corrected chi connectivity index (χ3v) is 21.3. The van der Waals surface area contributed by atoms with Gasteiger partial charge in [0.1, 0.15) is 140 Å². The molecule has 10 rings (SSSR count). The van der Waals surface area contributed by atoms with Crippen LogP contribution in [0.2, 0.25) is 0 Å². The highest BCUT2D eigenvalue weighted by Crippen LogP contribution is 2.74. The SMILES string of the molecule is C=C1CC23CCC4[C@](C)(C(=O)OC5OC(CO)C(O)C(O)C5OC5OC(CO)C(O)C(O)C5O)CCC[C@@]4(C)[C@@H]2CCC1(OC1OC(COC2OC(CO)C(O)C(O)C2O)C(O)C(OC2OC(CO)C(O)C(O)C2O)C1OC1OC(CO)C(O)C(O)C1O)C3. The number of hydrogen-bond donors (Lipinski definition) is 20. The molecule has 0 aromatic carbocycles. The summed E-state index contributed by atoms with van der Waals surface area (Å²) < 4.78 is 72.6. The lowest BCUT2D eigenvalue weighted by Gasteiger charge is -2.64. The number of aliphatic hydroxyl groups is 20. The molecule has 33 unspecified atom stereocenters. The van der Waals surface area contributed by atoms with Crippen molar-refractivity contribution in [3.63, 3.8) is 0 Å². The van der Waals surface area contributed by atoms with Crippen molar-refractivity contribution >= 4 is 5.97 Å². The third-order valence-electron chi connectivity index (χ3n) is 21.3. The van der Waals surface area contributed by atoms with Crippen molar-refractivity contribution in [3.8, 4) is 0 Å². The summed E-state index contributed by atoms with van der Waals surface area (Å²) in [6, 6.07) is 0. The van der Waals surface area contributed by atoms with Crippen LogP contribution in [0.1, 0.15) is 71.6 Å². The van der Waals surface area contributed by atoms with E-state index in [1.165, 1.54) is 0 Å². The third kappa shape index (κ3) is 12.4. The van der Waals surface area contributed by atoms with Crippen LogP contribution in [0.4, 0.5) is 0 Å². The van der Waals surface area contributed by atoms with E-state index in [1.807, 2.05) is 0 Å². The minimum atomic E-state index is -2.10. The van der Waals surface area contributed by atoms with Crippen molar-refractivity contribution < 1.29 is 164 Å². The second-order valence-electron chi connectivity index (χ2n) is 26.5. The average molecular weight is 1290 g/mol. The molecule has 0 radical (unpaired) electrons. The second-order valence-corrected chi connectivity index (χ2v) is 26.5. The Labute approximate surface area is 509 Å². The number of rotatable bonds is 18. The zero-order valence-electron chi connectivity index (χ0n) is 49.0. The number of fused-ring (bicyclic) bond motifs is 3. The average Bonchev–Trinajstić information content (AvgIpc) is 1.62. The highest BCUT2D eigenvalue weighted by molar-refractivity contribution is 5.77. The van der Waals surface area contributed by atoms with Gasteiger partial charge in [0.05, 0.1) is 50.7 Å². The molecule has 4 aliphatic carbocycles. The van der Waals surface area contributed by atoms with Crippen molar-refractivity contribution in [3.05, 3.63) is 12.2 Å². The Morgan fingerprint density at radius 2 is 0.865 bits per heavy atom. The predicted octanol–water partition coefficient (Wildman–Crippen LogP) is -9.47. The molecule has 33 nitrogen and oxygen atoms in total. The summed E-state index contributed by atoms with van der Waals surface area (Å²) >= 11 is 0. The summed E-state index contributed by atoms with van der Waals surface area (Å²) in [6.45, 7) is 3.32. The fraction of sp³-hybridized carbons (Fsp3) is 0.946. The fourth-order valence-electron chi connectivity index (χ4n) is 16.3. The van der Waals surface area contributed by atoms with Crippen LogP contribution in [-0.4, -0.2) is 338 Å². The number of ether oxygens (including phenoxy) is 12. The van der Waals surface area contributed by atoms with E-state index >= 15 is 4.79 Å². The van der Waals surface area contributed by atoms with Gasteiger partial charge in [-0.25, -0.2) is 0 Å². The molecule has 512 valence electrons. The first kappa shape index (κ1) is 69.8. The second kappa shape index (κ2) is 27.2. The van der Waals surface area contributed by atoms with Gasteiger partial charge < -0.3 is 159 Å². The first-order chi connectivity index (χ1) is 42.1. The van der Waals surface area contributed by atoms with E-state index in [9.17, 15) is 102 Å². The van der Waals surface area contributed by atoms with E-state index in [1.54, 1.807) is 6.92 Å². The minimum Gasteiger partial charge on any atom is -0.432 e. The monoisotopic (exact) mass is 1290 g/mol.